The largest absolute Gasteiger partial charge is 0.367 e. The molecule has 3 nitrogen and oxygen atoms in total. The molecule has 1 unspecified atom stereocenters. The van der Waals surface area contributed by atoms with Crippen molar-refractivity contribution in [1.29, 1.82) is 0 Å². The number of anilines is 1. The van der Waals surface area contributed by atoms with Crippen molar-refractivity contribution in [3.63, 3.8) is 0 Å². The Morgan fingerprint density at radius 1 is 1.47 bits per heavy atom. The van der Waals surface area contributed by atoms with E-state index in [4.69, 9.17) is 0 Å². The summed E-state index contributed by atoms with van der Waals surface area (Å²) in [6, 6.07) is 3.98. The quantitative estimate of drug-likeness (QED) is 0.854. The van der Waals surface area contributed by atoms with Crippen molar-refractivity contribution < 1.29 is 0 Å². The number of rotatable bonds is 3. The van der Waals surface area contributed by atoms with Gasteiger partial charge in [0.1, 0.15) is 5.82 Å². The van der Waals surface area contributed by atoms with Gasteiger partial charge in [0.15, 0.2) is 0 Å². The fourth-order valence-corrected chi connectivity index (χ4v) is 2.99. The van der Waals surface area contributed by atoms with Crippen LogP contribution in [0.5, 0.6) is 0 Å². The number of hydrogen-bond acceptors (Lipinski definition) is 4. The molecule has 0 radical (unpaired) electrons. The predicted molar refractivity (Wildman–Crippen MR) is 65.4 cm³/mol. The van der Waals surface area contributed by atoms with E-state index in [-0.39, 0.29) is 0 Å². The number of nitrogens with zero attached hydrogens (tertiary/aromatic N) is 2. The van der Waals surface area contributed by atoms with Gasteiger partial charge in [-0.2, -0.15) is 16.9 Å². The van der Waals surface area contributed by atoms with Crippen LogP contribution in [0, 0.1) is 6.92 Å². The molecular formula is C11H17N3S. The first-order chi connectivity index (χ1) is 7.18. The van der Waals surface area contributed by atoms with Crippen LogP contribution in [0.4, 0.5) is 5.82 Å². The van der Waals surface area contributed by atoms with Gasteiger partial charge in [-0.25, -0.2) is 0 Å². The molecule has 0 aromatic carbocycles. The summed E-state index contributed by atoms with van der Waals surface area (Å²) >= 11 is 2.06. The van der Waals surface area contributed by atoms with Crippen LogP contribution in [-0.2, 0) is 0 Å². The van der Waals surface area contributed by atoms with Crippen LogP contribution in [0.2, 0.25) is 0 Å². The Labute approximate surface area is 95.1 Å². The van der Waals surface area contributed by atoms with E-state index in [1.54, 1.807) is 0 Å². The number of thioether (sulfide) groups is 1. The molecule has 1 saturated heterocycles. The molecule has 1 aliphatic heterocycles. The lowest BCUT2D eigenvalue weighted by Crippen LogP contribution is -2.27. The summed E-state index contributed by atoms with van der Waals surface area (Å²) in [6.45, 7) is 5.25. The van der Waals surface area contributed by atoms with Crippen LogP contribution in [0.15, 0.2) is 12.1 Å². The second-order valence-corrected chi connectivity index (χ2v) is 6.00. The van der Waals surface area contributed by atoms with E-state index in [0.717, 1.165) is 18.1 Å². The maximum atomic E-state index is 4.10. The van der Waals surface area contributed by atoms with Crippen molar-refractivity contribution in [1.82, 2.24) is 10.2 Å². The monoisotopic (exact) mass is 223 g/mol. The first kappa shape index (κ1) is 10.7. The van der Waals surface area contributed by atoms with Crippen LogP contribution in [0.3, 0.4) is 0 Å². The van der Waals surface area contributed by atoms with E-state index >= 15 is 0 Å². The van der Waals surface area contributed by atoms with E-state index < -0.39 is 0 Å². The molecule has 1 fully saturated rings. The van der Waals surface area contributed by atoms with E-state index in [2.05, 4.69) is 34.2 Å². The molecule has 2 heterocycles. The molecule has 82 valence electrons. The van der Waals surface area contributed by atoms with Crippen molar-refractivity contribution in [2.24, 2.45) is 0 Å². The van der Waals surface area contributed by atoms with Crippen LogP contribution in [0.25, 0.3) is 0 Å². The van der Waals surface area contributed by atoms with Crippen molar-refractivity contribution in [2.75, 3.05) is 17.6 Å². The molecule has 1 aromatic rings. The van der Waals surface area contributed by atoms with Gasteiger partial charge in [0.2, 0.25) is 0 Å². The van der Waals surface area contributed by atoms with Crippen LogP contribution < -0.4 is 5.32 Å². The Kier molecular flexibility index (Phi) is 3.14. The van der Waals surface area contributed by atoms with Gasteiger partial charge in [0.25, 0.3) is 0 Å². The lowest BCUT2D eigenvalue weighted by atomic mass is 10.1. The van der Waals surface area contributed by atoms with Crippen LogP contribution >= 0.6 is 11.8 Å². The summed E-state index contributed by atoms with van der Waals surface area (Å²) < 4.78 is 0.382. The summed E-state index contributed by atoms with van der Waals surface area (Å²) in [5.41, 5.74) is 0.960. The SMILES string of the molecule is Cc1ccc(NCC2(C)CCCS2)nn1. The zero-order valence-corrected chi connectivity index (χ0v) is 10.1. The standard InChI is InChI=1S/C11H17N3S/c1-9-4-5-10(14-13-9)12-8-11(2)6-3-7-15-11/h4-5H,3,6-8H2,1-2H3,(H,12,14). The lowest BCUT2D eigenvalue weighted by Gasteiger charge is -2.22. The van der Waals surface area contributed by atoms with Crippen molar-refractivity contribution in [3.8, 4) is 0 Å². The van der Waals surface area contributed by atoms with Crippen LogP contribution in [0.1, 0.15) is 25.5 Å². The van der Waals surface area contributed by atoms with Gasteiger partial charge in [-0.15, -0.1) is 5.10 Å². The van der Waals surface area contributed by atoms with Crippen LogP contribution in [-0.4, -0.2) is 27.2 Å². The van der Waals surface area contributed by atoms with Gasteiger partial charge < -0.3 is 5.32 Å². The number of hydrogen-bond donors (Lipinski definition) is 1. The van der Waals surface area contributed by atoms with Gasteiger partial charge in [-0.3, -0.25) is 0 Å². The van der Waals surface area contributed by atoms with Gasteiger partial charge in [-0.1, -0.05) is 0 Å². The number of aryl methyl sites for hydroxylation is 1. The van der Waals surface area contributed by atoms with Gasteiger partial charge in [0.05, 0.1) is 5.69 Å². The van der Waals surface area contributed by atoms with Gasteiger partial charge in [-0.05, 0) is 44.6 Å². The third-order valence-electron chi connectivity index (χ3n) is 2.74. The Bertz CT molecular complexity index is 317. The Morgan fingerprint density at radius 3 is 2.93 bits per heavy atom. The number of aromatic nitrogens is 2. The summed E-state index contributed by atoms with van der Waals surface area (Å²) in [5.74, 6) is 2.17. The minimum Gasteiger partial charge on any atom is -0.367 e. The van der Waals surface area contributed by atoms with Crippen molar-refractivity contribution in [2.45, 2.75) is 31.4 Å². The smallest absolute Gasteiger partial charge is 0.148 e. The first-order valence-corrected chi connectivity index (χ1v) is 6.35. The molecule has 0 bridgehead atoms. The molecule has 0 amide bonds. The highest BCUT2D eigenvalue weighted by Crippen LogP contribution is 2.37. The lowest BCUT2D eigenvalue weighted by molar-refractivity contribution is 0.633. The average molecular weight is 223 g/mol. The second-order valence-electron chi connectivity index (χ2n) is 4.32. The normalized spacial score (nSPS) is 25.5. The fraction of sp³-hybridized carbons (Fsp3) is 0.636. The molecule has 0 aliphatic carbocycles. The van der Waals surface area contributed by atoms with E-state index in [1.807, 2.05) is 19.1 Å². The molecule has 0 saturated carbocycles. The van der Waals surface area contributed by atoms with E-state index in [9.17, 15) is 0 Å². The van der Waals surface area contributed by atoms with E-state index in [1.165, 1.54) is 18.6 Å². The molecule has 15 heavy (non-hydrogen) atoms. The highest BCUT2D eigenvalue weighted by atomic mass is 32.2. The molecule has 1 aromatic heterocycles. The molecule has 4 heteroatoms. The average Bonchev–Trinajstić information content (AvgIpc) is 2.65. The molecule has 1 N–H and O–H groups in total. The Morgan fingerprint density at radius 2 is 2.33 bits per heavy atom. The molecule has 0 spiro atoms. The van der Waals surface area contributed by atoms with Crippen molar-refractivity contribution in [3.05, 3.63) is 17.8 Å². The first-order valence-electron chi connectivity index (χ1n) is 5.36. The third kappa shape index (κ3) is 2.84. The highest BCUT2D eigenvalue weighted by molar-refractivity contribution is 8.00. The third-order valence-corrected chi connectivity index (χ3v) is 4.28. The predicted octanol–water partition coefficient (Wildman–Crippen LogP) is 2.48. The van der Waals surface area contributed by atoms with Crippen molar-refractivity contribution >= 4 is 17.6 Å². The summed E-state index contributed by atoms with van der Waals surface area (Å²) in [5, 5.41) is 11.5. The minimum absolute atomic E-state index is 0.382. The fourth-order valence-electron chi connectivity index (χ4n) is 1.75. The molecule has 2 rings (SSSR count). The zero-order valence-electron chi connectivity index (χ0n) is 9.29. The zero-order chi connectivity index (χ0) is 10.7. The summed E-state index contributed by atoms with van der Waals surface area (Å²) in [4.78, 5) is 0. The van der Waals surface area contributed by atoms with Gasteiger partial charge in [0, 0.05) is 11.3 Å². The highest BCUT2D eigenvalue weighted by Gasteiger charge is 2.29. The van der Waals surface area contributed by atoms with Gasteiger partial charge >= 0.3 is 0 Å². The Balaban J connectivity index is 1.90. The maximum Gasteiger partial charge on any atom is 0.148 e. The molecule has 1 aliphatic rings. The summed E-state index contributed by atoms with van der Waals surface area (Å²) in [7, 11) is 0. The molecule has 1 atom stereocenters. The molecular weight excluding hydrogens is 206 g/mol. The van der Waals surface area contributed by atoms with E-state index in [0.29, 0.717) is 4.75 Å². The Hall–Kier alpha value is -0.770. The minimum atomic E-state index is 0.382. The topological polar surface area (TPSA) is 37.8 Å². The number of nitrogens with one attached hydrogen (secondary N) is 1. The summed E-state index contributed by atoms with van der Waals surface area (Å²) in [6.07, 6.45) is 2.63. The maximum absolute atomic E-state index is 4.10. The second kappa shape index (κ2) is 4.39.